The zero-order valence-corrected chi connectivity index (χ0v) is 24.8. The van der Waals surface area contributed by atoms with Crippen LogP contribution in [0.25, 0.3) is 11.1 Å². The average molecular weight is 597 g/mol. The molecule has 43 heavy (non-hydrogen) atoms. The third-order valence-electron chi connectivity index (χ3n) is 8.10. The van der Waals surface area contributed by atoms with E-state index in [-0.39, 0.29) is 30.4 Å². The molecule has 4 rings (SSSR count). The summed E-state index contributed by atoms with van der Waals surface area (Å²) in [7, 11) is 0. The molecule has 0 nitrogen and oxygen atoms in total. The summed E-state index contributed by atoms with van der Waals surface area (Å²) >= 11 is 0. The van der Waals surface area contributed by atoms with Crippen LogP contribution < -0.4 is 0 Å². The predicted octanol–water partition coefficient (Wildman–Crippen LogP) is 11.0. The molecule has 0 aliphatic rings. The summed E-state index contributed by atoms with van der Waals surface area (Å²) in [6.45, 7) is 4.18. The van der Waals surface area contributed by atoms with Crippen LogP contribution in [-0.4, -0.2) is 0 Å². The van der Waals surface area contributed by atoms with Crippen molar-refractivity contribution < 1.29 is 26.3 Å². The lowest BCUT2D eigenvalue weighted by molar-refractivity contribution is -0.140. The monoisotopic (exact) mass is 596 g/mol. The molecule has 0 radical (unpaired) electrons. The van der Waals surface area contributed by atoms with E-state index in [2.05, 4.69) is 6.92 Å². The van der Waals surface area contributed by atoms with Gasteiger partial charge < -0.3 is 0 Å². The summed E-state index contributed by atoms with van der Waals surface area (Å²) < 4.78 is 87.9. The van der Waals surface area contributed by atoms with Gasteiger partial charge in [0.1, 0.15) is 5.82 Å². The van der Waals surface area contributed by atoms with E-state index in [1.54, 1.807) is 0 Å². The Morgan fingerprint density at radius 2 is 0.953 bits per heavy atom. The Morgan fingerprint density at radius 3 is 1.49 bits per heavy atom. The summed E-state index contributed by atoms with van der Waals surface area (Å²) in [6, 6.07) is 20.4. The highest BCUT2D eigenvalue weighted by Crippen LogP contribution is 2.40. The molecule has 4 aromatic rings. The number of hydrogen-bond acceptors (Lipinski definition) is 0. The normalized spacial score (nSPS) is 11.7. The van der Waals surface area contributed by atoms with Crippen LogP contribution in [0.3, 0.4) is 0 Å². The van der Waals surface area contributed by atoms with Crippen LogP contribution in [0, 0.1) is 17.5 Å². The van der Waals surface area contributed by atoms with Crippen molar-refractivity contribution in [2.45, 2.75) is 84.2 Å². The average Bonchev–Trinajstić information content (AvgIpc) is 2.99. The first kappa shape index (κ1) is 32.4. The SMILES string of the molecule is CCCCCCc1ccc(CCc2ccc(-c3ccc(CCc4ccc(CC)cc4)c(C(F)(F)F)c3F)c(F)c2F)cc1. The molecule has 0 aliphatic heterocycles. The first-order valence-electron chi connectivity index (χ1n) is 15.1. The van der Waals surface area contributed by atoms with E-state index in [1.807, 2.05) is 55.5 Å². The van der Waals surface area contributed by atoms with Gasteiger partial charge in [-0.05, 0) is 78.3 Å². The fraction of sp³-hybridized carbons (Fsp3) is 0.351. The van der Waals surface area contributed by atoms with Gasteiger partial charge in [-0.25, -0.2) is 13.2 Å². The maximum Gasteiger partial charge on any atom is 0.419 e. The maximum absolute atomic E-state index is 15.5. The van der Waals surface area contributed by atoms with Gasteiger partial charge in [-0.15, -0.1) is 0 Å². The van der Waals surface area contributed by atoms with Gasteiger partial charge >= 0.3 is 6.18 Å². The Balaban J connectivity index is 1.50. The summed E-state index contributed by atoms with van der Waals surface area (Å²) in [6.07, 6.45) is 2.47. The minimum atomic E-state index is -5.00. The summed E-state index contributed by atoms with van der Waals surface area (Å²) in [4.78, 5) is 0. The van der Waals surface area contributed by atoms with Gasteiger partial charge in [0.05, 0.1) is 5.56 Å². The Kier molecular flexibility index (Phi) is 11.1. The van der Waals surface area contributed by atoms with E-state index in [1.165, 1.54) is 43.0 Å². The molecule has 0 spiro atoms. The molecule has 0 amide bonds. The van der Waals surface area contributed by atoms with Crippen LogP contribution in [0.4, 0.5) is 26.3 Å². The lowest BCUT2D eigenvalue weighted by atomic mass is 9.92. The van der Waals surface area contributed by atoms with Crippen molar-refractivity contribution in [2.75, 3.05) is 0 Å². The smallest absolute Gasteiger partial charge is 0.206 e. The van der Waals surface area contributed by atoms with Crippen LogP contribution in [0.2, 0.25) is 0 Å². The molecule has 0 atom stereocenters. The van der Waals surface area contributed by atoms with Gasteiger partial charge in [-0.3, -0.25) is 0 Å². The van der Waals surface area contributed by atoms with Crippen molar-refractivity contribution in [2.24, 2.45) is 0 Å². The van der Waals surface area contributed by atoms with E-state index >= 15 is 13.2 Å². The lowest BCUT2D eigenvalue weighted by Gasteiger charge is -2.17. The van der Waals surface area contributed by atoms with Crippen molar-refractivity contribution in [3.63, 3.8) is 0 Å². The van der Waals surface area contributed by atoms with Crippen LogP contribution in [-0.2, 0) is 44.7 Å². The molecule has 0 aliphatic carbocycles. The topological polar surface area (TPSA) is 0 Å². The fourth-order valence-corrected chi connectivity index (χ4v) is 5.46. The van der Waals surface area contributed by atoms with E-state index in [9.17, 15) is 13.2 Å². The molecule has 228 valence electrons. The first-order valence-corrected chi connectivity index (χ1v) is 15.1. The third-order valence-corrected chi connectivity index (χ3v) is 8.10. The van der Waals surface area contributed by atoms with Crippen molar-refractivity contribution in [1.82, 2.24) is 0 Å². The number of unbranched alkanes of at least 4 members (excludes halogenated alkanes) is 3. The maximum atomic E-state index is 15.5. The first-order chi connectivity index (χ1) is 20.6. The van der Waals surface area contributed by atoms with E-state index < -0.39 is 40.3 Å². The van der Waals surface area contributed by atoms with Crippen LogP contribution in [0.15, 0.2) is 72.8 Å². The van der Waals surface area contributed by atoms with Crippen molar-refractivity contribution >= 4 is 0 Å². The van der Waals surface area contributed by atoms with Gasteiger partial charge in [-0.2, -0.15) is 13.2 Å². The highest BCUT2D eigenvalue weighted by Gasteiger charge is 2.38. The van der Waals surface area contributed by atoms with E-state index in [4.69, 9.17) is 0 Å². The van der Waals surface area contributed by atoms with Crippen LogP contribution in [0.5, 0.6) is 0 Å². The fourth-order valence-electron chi connectivity index (χ4n) is 5.46. The molecule has 0 unspecified atom stereocenters. The summed E-state index contributed by atoms with van der Waals surface area (Å²) in [5.74, 6) is -4.11. The van der Waals surface area contributed by atoms with Gasteiger partial charge in [-0.1, -0.05) is 106 Å². The van der Waals surface area contributed by atoms with Gasteiger partial charge in [0.15, 0.2) is 11.6 Å². The molecule has 6 heteroatoms. The van der Waals surface area contributed by atoms with Crippen LogP contribution in [0.1, 0.15) is 78.5 Å². The van der Waals surface area contributed by atoms with Crippen molar-refractivity contribution in [3.05, 3.63) is 129 Å². The minimum absolute atomic E-state index is 0.0485. The lowest BCUT2D eigenvalue weighted by Crippen LogP contribution is -2.14. The number of hydrogen-bond donors (Lipinski definition) is 0. The highest BCUT2D eigenvalue weighted by atomic mass is 19.4. The third kappa shape index (κ3) is 8.31. The Hall–Kier alpha value is -3.54. The molecule has 0 N–H and O–H groups in total. The zero-order chi connectivity index (χ0) is 31.0. The molecule has 0 heterocycles. The van der Waals surface area contributed by atoms with Crippen molar-refractivity contribution in [3.8, 4) is 11.1 Å². The van der Waals surface area contributed by atoms with Gasteiger partial charge in [0.25, 0.3) is 0 Å². The second-order valence-electron chi connectivity index (χ2n) is 11.2. The predicted molar refractivity (Wildman–Crippen MR) is 162 cm³/mol. The number of aryl methyl sites for hydroxylation is 6. The zero-order valence-electron chi connectivity index (χ0n) is 24.8. The Labute approximate surface area is 250 Å². The minimum Gasteiger partial charge on any atom is -0.206 e. The number of rotatable bonds is 13. The molecule has 0 fully saturated rings. The summed E-state index contributed by atoms with van der Waals surface area (Å²) in [5.41, 5.74) is 1.43. The standard InChI is InChI=1S/C37H38F6/c1-3-5-6-7-8-26-13-15-28(16-14-26)18-20-30-22-24-32(36(40)34(30)38)31-23-21-29(33(35(31)39)37(41,42)43)19-17-27-11-9-25(4-2)10-12-27/h9-16,21-24H,3-8,17-20H2,1-2H3. The summed E-state index contributed by atoms with van der Waals surface area (Å²) in [5, 5.41) is 0. The van der Waals surface area contributed by atoms with E-state index in [0.717, 1.165) is 42.0 Å². The highest BCUT2D eigenvalue weighted by molar-refractivity contribution is 5.67. The van der Waals surface area contributed by atoms with E-state index in [0.29, 0.717) is 6.42 Å². The number of alkyl halides is 3. The van der Waals surface area contributed by atoms with Gasteiger partial charge in [0.2, 0.25) is 0 Å². The van der Waals surface area contributed by atoms with Crippen LogP contribution >= 0.6 is 0 Å². The molecular weight excluding hydrogens is 558 g/mol. The van der Waals surface area contributed by atoms with Crippen molar-refractivity contribution in [1.29, 1.82) is 0 Å². The quantitative estimate of drug-likeness (QED) is 0.106. The second kappa shape index (κ2) is 14.8. The molecule has 0 saturated carbocycles. The largest absolute Gasteiger partial charge is 0.419 e. The van der Waals surface area contributed by atoms with Gasteiger partial charge in [0, 0.05) is 11.1 Å². The number of benzene rings is 4. The second-order valence-corrected chi connectivity index (χ2v) is 11.2. The molecule has 0 saturated heterocycles. The molecule has 0 bridgehead atoms. The molecule has 4 aromatic carbocycles. The number of halogens is 6. The Bertz CT molecular complexity index is 1480. The molecule has 0 aromatic heterocycles. The molecular formula is C37H38F6. The Morgan fingerprint density at radius 1 is 0.465 bits per heavy atom.